The first-order valence-corrected chi connectivity index (χ1v) is 8.39. The number of ether oxygens (including phenoxy) is 4. The molecular formula is C20H17F2NO5. The van der Waals surface area contributed by atoms with Crippen LogP contribution in [0.15, 0.2) is 53.2 Å². The Balaban J connectivity index is 1.93. The second kappa shape index (κ2) is 8.51. The van der Waals surface area contributed by atoms with Crippen LogP contribution in [0.4, 0.5) is 8.78 Å². The summed E-state index contributed by atoms with van der Waals surface area (Å²) in [5.74, 6) is 0.00656. The Hall–Kier alpha value is -3.42. The lowest BCUT2D eigenvalue weighted by Gasteiger charge is -2.12. The largest absolute Gasteiger partial charge is 0.494 e. The predicted octanol–water partition coefficient (Wildman–Crippen LogP) is 4.04. The van der Waals surface area contributed by atoms with Crippen LogP contribution in [-0.2, 0) is 9.53 Å². The van der Waals surface area contributed by atoms with Crippen molar-refractivity contribution < 1.29 is 32.5 Å². The lowest BCUT2D eigenvalue weighted by Crippen LogP contribution is -2.06. The number of hydrogen-bond acceptors (Lipinski definition) is 6. The maximum Gasteiger partial charge on any atom is 0.387 e. The fraction of sp³-hybridized carbons (Fsp3) is 0.200. The summed E-state index contributed by atoms with van der Waals surface area (Å²) < 4.78 is 45.6. The number of alkyl halides is 2. The van der Waals surface area contributed by atoms with Crippen LogP contribution in [0.1, 0.15) is 18.1 Å². The zero-order valence-electron chi connectivity index (χ0n) is 15.1. The van der Waals surface area contributed by atoms with Gasteiger partial charge in [0.1, 0.15) is 5.75 Å². The lowest BCUT2D eigenvalue weighted by molar-refractivity contribution is -0.129. The zero-order valence-corrected chi connectivity index (χ0v) is 15.1. The molecule has 0 radical (unpaired) electrons. The number of aliphatic imine (C=N–C) groups is 1. The third-order valence-corrected chi connectivity index (χ3v) is 3.76. The molecule has 1 aliphatic heterocycles. The number of methoxy groups -OCH3 is 1. The number of esters is 1. The van der Waals surface area contributed by atoms with Crippen molar-refractivity contribution in [2.24, 2.45) is 4.99 Å². The maximum atomic E-state index is 12.8. The summed E-state index contributed by atoms with van der Waals surface area (Å²) in [5, 5.41) is 0. The highest BCUT2D eigenvalue weighted by atomic mass is 19.3. The van der Waals surface area contributed by atoms with Gasteiger partial charge in [-0.3, -0.25) is 0 Å². The average molecular weight is 389 g/mol. The van der Waals surface area contributed by atoms with Crippen molar-refractivity contribution in [1.29, 1.82) is 0 Å². The molecule has 0 amide bonds. The van der Waals surface area contributed by atoms with Crippen LogP contribution in [-0.4, -0.2) is 32.2 Å². The van der Waals surface area contributed by atoms with Crippen LogP contribution in [0.3, 0.4) is 0 Å². The van der Waals surface area contributed by atoms with Gasteiger partial charge in [-0.05, 0) is 43.3 Å². The Morgan fingerprint density at radius 3 is 2.57 bits per heavy atom. The Bertz CT molecular complexity index is 923. The van der Waals surface area contributed by atoms with Crippen LogP contribution in [0.2, 0.25) is 0 Å². The van der Waals surface area contributed by atoms with Gasteiger partial charge in [-0.15, -0.1) is 0 Å². The monoisotopic (exact) mass is 389 g/mol. The van der Waals surface area contributed by atoms with E-state index in [9.17, 15) is 13.6 Å². The van der Waals surface area contributed by atoms with Gasteiger partial charge < -0.3 is 18.9 Å². The van der Waals surface area contributed by atoms with Gasteiger partial charge in [0.25, 0.3) is 0 Å². The van der Waals surface area contributed by atoms with Crippen molar-refractivity contribution in [3.05, 3.63) is 59.3 Å². The fourth-order valence-electron chi connectivity index (χ4n) is 2.56. The van der Waals surface area contributed by atoms with E-state index in [0.29, 0.717) is 17.9 Å². The highest BCUT2D eigenvalue weighted by Gasteiger charge is 2.25. The molecule has 0 atom stereocenters. The van der Waals surface area contributed by atoms with Gasteiger partial charge in [-0.2, -0.15) is 8.78 Å². The average Bonchev–Trinajstić information content (AvgIpc) is 3.04. The van der Waals surface area contributed by atoms with Gasteiger partial charge in [0.05, 0.1) is 13.7 Å². The van der Waals surface area contributed by atoms with E-state index in [4.69, 9.17) is 14.2 Å². The highest BCUT2D eigenvalue weighted by Crippen LogP contribution is 2.34. The molecule has 146 valence electrons. The Morgan fingerprint density at radius 2 is 1.93 bits per heavy atom. The molecule has 0 fully saturated rings. The Morgan fingerprint density at radius 1 is 1.18 bits per heavy atom. The Kier molecular flexibility index (Phi) is 5.88. The van der Waals surface area contributed by atoms with Gasteiger partial charge in [0, 0.05) is 11.1 Å². The molecule has 0 saturated heterocycles. The number of halogens is 2. The molecule has 28 heavy (non-hydrogen) atoms. The number of rotatable bonds is 7. The van der Waals surface area contributed by atoms with E-state index in [2.05, 4.69) is 9.73 Å². The number of carbonyl (C=O) groups excluding carboxylic acids is 1. The molecular weight excluding hydrogens is 372 g/mol. The van der Waals surface area contributed by atoms with Crippen molar-refractivity contribution in [1.82, 2.24) is 0 Å². The third-order valence-electron chi connectivity index (χ3n) is 3.76. The first kappa shape index (κ1) is 19.3. The number of nitrogens with zero attached hydrogens (tertiary/aromatic N) is 1. The van der Waals surface area contributed by atoms with E-state index < -0.39 is 12.6 Å². The van der Waals surface area contributed by atoms with Crippen molar-refractivity contribution in [3.8, 4) is 17.2 Å². The van der Waals surface area contributed by atoms with Gasteiger partial charge >= 0.3 is 12.6 Å². The van der Waals surface area contributed by atoms with Crippen molar-refractivity contribution >= 4 is 17.9 Å². The molecule has 6 nitrogen and oxygen atoms in total. The van der Waals surface area contributed by atoms with Crippen LogP contribution in [0.5, 0.6) is 17.2 Å². The van der Waals surface area contributed by atoms with E-state index in [1.807, 2.05) is 6.92 Å². The van der Waals surface area contributed by atoms with Crippen LogP contribution in [0.25, 0.3) is 6.08 Å². The minimum Gasteiger partial charge on any atom is -0.494 e. The second-order valence-corrected chi connectivity index (χ2v) is 5.55. The molecule has 0 saturated carbocycles. The molecule has 8 heteroatoms. The summed E-state index contributed by atoms with van der Waals surface area (Å²) in [6.45, 7) is -0.642. The molecule has 0 unspecified atom stereocenters. The molecule has 2 aromatic rings. The number of carbonyl (C=O) groups is 1. The molecule has 0 aromatic heterocycles. The van der Waals surface area contributed by atoms with Crippen molar-refractivity contribution in [2.75, 3.05) is 13.7 Å². The summed E-state index contributed by atoms with van der Waals surface area (Å²) in [4.78, 5) is 16.3. The molecule has 3 rings (SSSR count). The number of cyclic esters (lactones) is 1. The summed E-state index contributed by atoms with van der Waals surface area (Å²) in [7, 11) is 1.33. The molecule has 1 aliphatic rings. The molecule has 0 bridgehead atoms. The van der Waals surface area contributed by atoms with E-state index >= 15 is 0 Å². The summed E-state index contributed by atoms with van der Waals surface area (Å²) >= 11 is 0. The molecule has 2 aromatic carbocycles. The van der Waals surface area contributed by atoms with Crippen LogP contribution < -0.4 is 14.2 Å². The van der Waals surface area contributed by atoms with E-state index in [1.165, 1.54) is 25.3 Å². The minimum absolute atomic E-state index is 0.0451. The highest BCUT2D eigenvalue weighted by molar-refractivity contribution is 6.13. The minimum atomic E-state index is -3.05. The van der Waals surface area contributed by atoms with Gasteiger partial charge in [-0.1, -0.05) is 12.1 Å². The number of benzene rings is 2. The standard InChI is InChI=1S/C20H17F2NO5/c1-3-26-14-9-7-12(8-10-14)18-23-15(19(24)28-18)11-13-5-4-6-16(25-2)17(13)27-20(21)22/h4-11,20H,3H2,1-2H3/b15-11-. The van der Waals surface area contributed by atoms with E-state index in [1.54, 1.807) is 30.3 Å². The van der Waals surface area contributed by atoms with Crippen molar-refractivity contribution in [2.45, 2.75) is 13.5 Å². The quantitative estimate of drug-likeness (QED) is 0.528. The SMILES string of the molecule is CCOc1ccc(C2=N/C(=C\c3cccc(OC)c3OC(F)F)C(=O)O2)cc1. The third kappa shape index (κ3) is 4.28. The predicted molar refractivity (Wildman–Crippen MR) is 97.8 cm³/mol. The first-order chi connectivity index (χ1) is 13.5. The van der Waals surface area contributed by atoms with Crippen LogP contribution in [0, 0.1) is 0 Å². The number of para-hydroxylation sites is 1. The first-order valence-electron chi connectivity index (χ1n) is 8.39. The fourth-order valence-corrected chi connectivity index (χ4v) is 2.56. The summed E-state index contributed by atoms with van der Waals surface area (Å²) in [6.07, 6.45) is 1.31. The Labute approximate surface area is 160 Å². The molecule has 0 N–H and O–H groups in total. The van der Waals surface area contributed by atoms with E-state index in [0.717, 1.165) is 0 Å². The topological polar surface area (TPSA) is 66.3 Å². The summed E-state index contributed by atoms with van der Waals surface area (Å²) in [6, 6.07) is 11.4. The second-order valence-electron chi connectivity index (χ2n) is 5.55. The van der Waals surface area contributed by atoms with Gasteiger partial charge in [0.2, 0.25) is 5.90 Å². The summed E-state index contributed by atoms with van der Waals surface area (Å²) in [5.41, 5.74) is 0.745. The van der Waals surface area contributed by atoms with Gasteiger partial charge in [-0.25, -0.2) is 9.79 Å². The normalized spacial score (nSPS) is 14.8. The smallest absolute Gasteiger partial charge is 0.387 e. The zero-order chi connectivity index (χ0) is 20.1. The molecule has 0 aliphatic carbocycles. The molecule has 0 spiro atoms. The van der Waals surface area contributed by atoms with E-state index in [-0.39, 0.29) is 28.7 Å². The van der Waals surface area contributed by atoms with Gasteiger partial charge in [0.15, 0.2) is 17.2 Å². The maximum absolute atomic E-state index is 12.8. The number of hydrogen-bond donors (Lipinski definition) is 0. The van der Waals surface area contributed by atoms with Crippen LogP contribution >= 0.6 is 0 Å². The lowest BCUT2D eigenvalue weighted by atomic mass is 10.1. The molecule has 1 heterocycles. The van der Waals surface area contributed by atoms with Crippen molar-refractivity contribution in [3.63, 3.8) is 0 Å².